The van der Waals surface area contributed by atoms with Crippen LogP contribution in [0.15, 0.2) is 24.3 Å². The Morgan fingerprint density at radius 3 is 2.40 bits per heavy atom. The summed E-state index contributed by atoms with van der Waals surface area (Å²) in [7, 11) is 0. The van der Waals surface area contributed by atoms with Crippen molar-refractivity contribution in [1.29, 1.82) is 0 Å². The minimum absolute atomic E-state index is 0.172. The summed E-state index contributed by atoms with van der Waals surface area (Å²) in [5.41, 5.74) is 2.29. The van der Waals surface area contributed by atoms with Gasteiger partial charge in [-0.25, -0.2) is 0 Å². The van der Waals surface area contributed by atoms with E-state index in [0.29, 0.717) is 6.42 Å². The summed E-state index contributed by atoms with van der Waals surface area (Å²) in [4.78, 5) is 2.38. The van der Waals surface area contributed by atoms with E-state index in [-0.39, 0.29) is 11.6 Å². The molecule has 1 aromatic carbocycles. The van der Waals surface area contributed by atoms with Gasteiger partial charge in [0.05, 0.1) is 19.3 Å². The highest BCUT2D eigenvalue weighted by Crippen LogP contribution is 2.27. The Morgan fingerprint density at radius 2 is 1.85 bits per heavy atom. The first kappa shape index (κ1) is 15.5. The third-order valence-corrected chi connectivity index (χ3v) is 4.72. The van der Waals surface area contributed by atoms with Crippen molar-refractivity contribution in [1.82, 2.24) is 4.90 Å². The van der Waals surface area contributed by atoms with Gasteiger partial charge < -0.3 is 9.84 Å². The van der Waals surface area contributed by atoms with E-state index in [2.05, 4.69) is 49.9 Å². The zero-order valence-corrected chi connectivity index (χ0v) is 12.9. The Bertz CT molecular complexity index is 412. The molecule has 0 aliphatic carbocycles. The molecule has 0 amide bonds. The van der Waals surface area contributed by atoms with Gasteiger partial charge in [-0.1, -0.05) is 36.8 Å². The molecule has 2 rings (SSSR count). The minimum Gasteiger partial charge on any atom is -0.391 e. The molecule has 1 saturated heterocycles. The highest BCUT2D eigenvalue weighted by Gasteiger charge is 2.37. The van der Waals surface area contributed by atoms with Crippen LogP contribution in [0.4, 0.5) is 0 Å². The lowest BCUT2D eigenvalue weighted by Gasteiger charge is -2.46. The average Bonchev–Trinajstić information content (AvgIpc) is 2.49. The Hall–Kier alpha value is -0.900. The van der Waals surface area contributed by atoms with E-state index < -0.39 is 0 Å². The second kappa shape index (κ2) is 6.70. The number of aliphatic hydroxyl groups is 1. The first-order chi connectivity index (χ1) is 9.56. The molecule has 3 heteroatoms. The summed E-state index contributed by atoms with van der Waals surface area (Å²) in [6, 6.07) is 8.46. The maximum atomic E-state index is 10.8. The maximum Gasteiger partial charge on any atom is 0.0761 e. The molecule has 1 aromatic rings. The van der Waals surface area contributed by atoms with E-state index in [4.69, 9.17) is 4.74 Å². The standard InChI is InChI=1S/C17H27NO2/c1-4-17(3,18-9-11-20-12-10-18)16(19)13-15-7-5-14(2)6-8-15/h5-8,16,19H,4,9-13H2,1-3H3. The van der Waals surface area contributed by atoms with Gasteiger partial charge in [-0.3, -0.25) is 4.90 Å². The Morgan fingerprint density at radius 1 is 1.25 bits per heavy atom. The molecule has 1 heterocycles. The van der Waals surface area contributed by atoms with Crippen LogP contribution >= 0.6 is 0 Å². The molecule has 2 atom stereocenters. The molecule has 20 heavy (non-hydrogen) atoms. The Balaban J connectivity index is 2.07. The van der Waals surface area contributed by atoms with Crippen molar-refractivity contribution in [3.8, 4) is 0 Å². The highest BCUT2D eigenvalue weighted by molar-refractivity contribution is 5.22. The van der Waals surface area contributed by atoms with Gasteiger partial charge in [-0.05, 0) is 25.8 Å². The number of aliphatic hydroxyl groups excluding tert-OH is 1. The van der Waals surface area contributed by atoms with Gasteiger partial charge in [0.2, 0.25) is 0 Å². The third-order valence-electron chi connectivity index (χ3n) is 4.72. The number of hydrogen-bond acceptors (Lipinski definition) is 3. The second-order valence-corrected chi connectivity index (χ2v) is 6.02. The van der Waals surface area contributed by atoms with Crippen molar-refractivity contribution >= 4 is 0 Å². The molecular formula is C17H27NO2. The number of rotatable bonds is 5. The molecule has 0 spiro atoms. The number of ether oxygens (including phenoxy) is 1. The van der Waals surface area contributed by atoms with Crippen LogP contribution in [0.3, 0.4) is 0 Å². The topological polar surface area (TPSA) is 32.7 Å². The number of aryl methyl sites for hydroxylation is 1. The van der Waals surface area contributed by atoms with Gasteiger partial charge in [-0.2, -0.15) is 0 Å². The molecule has 3 nitrogen and oxygen atoms in total. The fourth-order valence-electron chi connectivity index (χ4n) is 2.91. The Labute approximate surface area is 122 Å². The van der Waals surface area contributed by atoms with Crippen LogP contribution in [0.25, 0.3) is 0 Å². The van der Waals surface area contributed by atoms with E-state index in [1.54, 1.807) is 0 Å². The van der Waals surface area contributed by atoms with Gasteiger partial charge >= 0.3 is 0 Å². The number of benzene rings is 1. The first-order valence-electron chi connectivity index (χ1n) is 7.62. The van der Waals surface area contributed by atoms with Crippen LogP contribution < -0.4 is 0 Å². The molecule has 112 valence electrons. The largest absolute Gasteiger partial charge is 0.391 e. The smallest absolute Gasteiger partial charge is 0.0761 e. The van der Waals surface area contributed by atoms with Crippen molar-refractivity contribution in [2.24, 2.45) is 0 Å². The summed E-state index contributed by atoms with van der Waals surface area (Å²) < 4.78 is 5.43. The summed E-state index contributed by atoms with van der Waals surface area (Å²) in [6.07, 6.45) is 1.30. The van der Waals surface area contributed by atoms with Crippen LogP contribution in [0.2, 0.25) is 0 Å². The predicted octanol–water partition coefficient (Wildman–Crippen LogP) is 2.40. The van der Waals surface area contributed by atoms with Gasteiger partial charge in [-0.15, -0.1) is 0 Å². The summed E-state index contributed by atoms with van der Waals surface area (Å²) >= 11 is 0. The van der Waals surface area contributed by atoms with Crippen LogP contribution in [0.1, 0.15) is 31.4 Å². The lowest BCUT2D eigenvalue weighted by molar-refractivity contribution is -0.0714. The Kier molecular flexibility index (Phi) is 5.19. The van der Waals surface area contributed by atoms with Gasteiger partial charge in [0, 0.05) is 25.0 Å². The third kappa shape index (κ3) is 3.40. The van der Waals surface area contributed by atoms with Crippen LogP contribution in [0.5, 0.6) is 0 Å². The van der Waals surface area contributed by atoms with E-state index in [1.165, 1.54) is 11.1 Å². The SMILES string of the molecule is CCC(C)(C(O)Cc1ccc(C)cc1)N1CCOCC1. The number of nitrogens with zero attached hydrogens (tertiary/aromatic N) is 1. The van der Waals surface area contributed by atoms with E-state index in [1.807, 2.05) is 0 Å². The summed E-state index contributed by atoms with van der Waals surface area (Å²) in [6.45, 7) is 9.79. The molecule has 0 aromatic heterocycles. The maximum absolute atomic E-state index is 10.8. The molecule has 1 aliphatic heterocycles. The first-order valence-corrected chi connectivity index (χ1v) is 7.62. The predicted molar refractivity (Wildman–Crippen MR) is 82.0 cm³/mol. The van der Waals surface area contributed by atoms with Crippen molar-refractivity contribution < 1.29 is 9.84 Å². The van der Waals surface area contributed by atoms with Crippen molar-refractivity contribution in [3.63, 3.8) is 0 Å². The molecule has 1 fully saturated rings. The number of hydrogen-bond donors (Lipinski definition) is 1. The van der Waals surface area contributed by atoms with Gasteiger partial charge in [0.15, 0.2) is 0 Å². The number of morpholine rings is 1. The van der Waals surface area contributed by atoms with Crippen LogP contribution in [0, 0.1) is 6.92 Å². The average molecular weight is 277 g/mol. The van der Waals surface area contributed by atoms with Crippen molar-refractivity contribution in [2.45, 2.75) is 45.3 Å². The molecule has 2 unspecified atom stereocenters. The van der Waals surface area contributed by atoms with E-state index in [0.717, 1.165) is 32.7 Å². The zero-order valence-electron chi connectivity index (χ0n) is 12.9. The van der Waals surface area contributed by atoms with Gasteiger partial charge in [0.25, 0.3) is 0 Å². The fourth-order valence-corrected chi connectivity index (χ4v) is 2.91. The molecule has 0 bridgehead atoms. The molecule has 1 N–H and O–H groups in total. The monoisotopic (exact) mass is 277 g/mol. The normalized spacial score (nSPS) is 21.4. The van der Waals surface area contributed by atoms with Crippen molar-refractivity contribution in [3.05, 3.63) is 35.4 Å². The van der Waals surface area contributed by atoms with E-state index in [9.17, 15) is 5.11 Å². The van der Waals surface area contributed by atoms with Crippen LogP contribution in [-0.2, 0) is 11.2 Å². The highest BCUT2D eigenvalue weighted by atomic mass is 16.5. The minimum atomic E-state index is -0.353. The fraction of sp³-hybridized carbons (Fsp3) is 0.647. The molecular weight excluding hydrogens is 250 g/mol. The zero-order chi connectivity index (χ0) is 14.6. The summed E-state index contributed by atoms with van der Waals surface area (Å²) in [5.74, 6) is 0. The molecule has 0 saturated carbocycles. The lowest BCUT2D eigenvalue weighted by Crippen LogP contribution is -2.58. The lowest BCUT2D eigenvalue weighted by atomic mass is 9.85. The molecule has 1 aliphatic rings. The molecule has 0 radical (unpaired) electrons. The second-order valence-electron chi connectivity index (χ2n) is 6.02. The van der Waals surface area contributed by atoms with Gasteiger partial charge in [0.1, 0.15) is 0 Å². The quantitative estimate of drug-likeness (QED) is 0.897. The van der Waals surface area contributed by atoms with E-state index >= 15 is 0 Å². The summed E-state index contributed by atoms with van der Waals surface area (Å²) in [5, 5.41) is 10.8. The van der Waals surface area contributed by atoms with Crippen LogP contribution in [-0.4, -0.2) is 48.0 Å². The van der Waals surface area contributed by atoms with Crippen molar-refractivity contribution in [2.75, 3.05) is 26.3 Å².